The van der Waals surface area contributed by atoms with Crippen molar-refractivity contribution in [3.8, 4) is 0 Å². The van der Waals surface area contributed by atoms with Crippen LogP contribution in [0.1, 0.15) is 70.0 Å². The number of carbonyl (C=O) groups excluding carboxylic acids is 2. The van der Waals surface area contributed by atoms with Crippen molar-refractivity contribution < 1.29 is 9.59 Å². The normalized spacial score (nSPS) is 14.7. The summed E-state index contributed by atoms with van der Waals surface area (Å²) < 4.78 is 1.31. The summed E-state index contributed by atoms with van der Waals surface area (Å²) in [5.74, 6) is -0.541. The van der Waals surface area contributed by atoms with Crippen LogP contribution in [0, 0.1) is 0 Å². The Morgan fingerprint density at radius 2 is 1.82 bits per heavy atom. The van der Waals surface area contributed by atoms with Crippen molar-refractivity contribution in [2.24, 2.45) is 0 Å². The first-order valence-corrected chi connectivity index (χ1v) is 11.8. The van der Waals surface area contributed by atoms with Gasteiger partial charge in [0.15, 0.2) is 5.69 Å². The molecule has 1 aromatic heterocycles. The van der Waals surface area contributed by atoms with Gasteiger partial charge < -0.3 is 15.5 Å². The Morgan fingerprint density at radius 3 is 2.50 bits per heavy atom. The van der Waals surface area contributed by atoms with Crippen LogP contribution < -0.4 is 21.9 Å². The molecule has 0 bridgehead atoms. The SMILES string of the molecule is CCCCN(C(=O)C[C@H]1c2ccccc2C=CN1C(C)=O)c1c(N)n(CCCC)c(=O)[nH]c1=O. The highest BCUT2D eigenvalue weighted by Crippen LogP contribution is 2.34. The number of anilines is 2. The minimum Gasteiger partial charge on any atom is -0.383 e. The van der Waals surface area contributed by atoms with Crippen LogP contribution in [0.3, 0.4) is 0 Å². The molecule has 3 N–H and O–H groups in total. The summed E-state index contributed by atoms with van der Waals surface area (Å²) in [4.78, 5) is 56.5. The van der Waals surface area contributed by atoms with E-state index < -0.39 is 17.3 Å². The molecule has 2 amide bonds. The van der Waals surface area contributed by atoms with E-state index in [1.54, 1.807) is 6.20 Å². The third kappa shape index (κ3) is 5.13. The molecular formula is C25H33N5O4. The van der Waals surface area contributed by atoms with Crippen molar-refractivity contribution in [2.45, 2.75) is 65.5 Å². The molecular weight excluding hydrogens is 434 g/mol. The van der Waals surface area contributed by atoms with E-state index in [1.807, 2.05) is 44.2 Å². The minimum atomic E-state index is -0.688. The molecule has 3 rings (SSSR count). The highest BCUT2D eigenvalue weighted by molar-refractivity contribution is 5.96. The fourth-order valence-corrected chi connectivity index (χ4v) is 4.24. The standard InChI is InChI=1S/C25H33N5O4/c1-4-6-13-29(22-23(26)30(14-7-5-2)25(34)27-24(22)33)21(32)16-20-19-11-9-8-10-18(19)12-15-28(20)17(3)31/h8-12,15,20H,4-7,13-14,16,26H2,1-3H3,(H,27,33,34)/t20-/m0/s1. The fraction of sp³-hybridized carbons (Fsp3) is 0.440. The summed E-state index contributed by atoms with van der Waals surface area (Å²) in [6.45, 7) is 6.05. The van der Waals surface area contributed by atoms with Gasteiger partial charge in [0.25, 0.3) is 5.56 Å². The lowest BCUT2D eigenvalue weighted by atomic mass is 9.93. The number of nitrogens with zero attached hydrogens (tertiary/aromatic N) is 3. The molecule has 2 aromatic rings. The van der Waals surface area contributed by atoms with Crippen molar-refractivity contribution in [3.63, 3.8) is 0 Å². The number of nitrogens with one attached hydrogen (secondary N) is 1. The third-order valence-corrected chi connectivity index (χ3v) is 6.09. The number of hydrogen-bond acceptors (Lipinski definition) is 5. The number of nitrogens with two attached hydrogens (primary N) is 1. The van der Waals surface area contributed by atoms with Crippen LogP contribution in [0.4, 0.5) is 11.5 Å². The number of aromatic nitrogens is 2. The van der Waals surface area contributed by atoms with E-state index in [1.165, 1.54) is 21.3 Å². The molecule has 9 nitrogen and oxygen atoms in total. The highest BCUT2D eigenvalue weighted by atomic mass is 16.2. The van der Waals surface area contributed by atoms with Crippen molar-refractivity contribution in [1.29, 1.82) is 0 Å². The second-order valence-corrected chi connectivity index (χ2v) is 8.49. The molecule has 0 fully saturated rings. The lowest BCUT2D eigenvalue weighted by molar-refractivity contribution is -0.129. The van der Waals surface area contributed by atoms with Gasteiger partial charge in [0.05, 0.1) is 12.5 Å². The summed E-state index contributed by atoms with van der Waals surface area (Å²) in [5, 5.41) is 0. The van der Waals surface area contributed by atoms with Gasteiger partial charge in [-0.25, -0.2) is 4.79 Å². The van der Waals surface area contributed by atoms with Gasteiger partial charge in [-0.3, -0.25) is 23.9 Å². The molecule has 2 heterocycles. The van der Waals surface area contributed by atoms with Crippen LogP contribution in [0.2, 0.25) is 0 Å². The van der Waals surface area contributed by atoms with E-state index in [2.05, 4.69) is 4.98 Å². The van der Waals surface area contributed by atoms with Crippen molar-refractivity contribution in [3.05, 3.63) is 62.4 Å². The molecule has 1 aromatic carbocycles. The number of hydrogen-bond donors (Lipinski definition) is 2. The van der Waals surface area contributed by atoms with Crippen LogP contribution in [0.25, 0.3) is 6.08 Å². The summed E-state index contributed by atoms with van der Waals surface area (Å²) in [6.07, 6.45) is 6.50. The Bertz CT molecular complexity index is 1200. The van der Waals surface area contributed by atoms with E-state index in [4.69, 9.17) is 5.73 Å². The molecule has 9 heteroatoms. The molecule has 0 saturated heterocycles. The minimum absolute atomic E-state index is 0.0110. The number of aromatic amines is 1. The van der Waals surface area contributed by atoms with Gasteiger partial charge in [-0.05, 0) is 30.0 Å². The average Bonchev–Trinajstić information content (AvgIpc) is 2.80. The highest BCUT2D eigenvalue weighted by Gasteiger charge is 2.32. The summed E-state index contributed by atoms with van der Waals surface area (Å²) in [5.41, 5.74) is 6.80. The smallest absolute Gasteiger partial charge is 0.330 e. The summed E-state index contributed by atoms with van der Waals surface area (Å²) in [7, 11) is 0. The lowest BCUT2D eigenvalue weighted by Gasteiger charge is -2.34. The van der Waals surface area contributed by atoms with Crippen LogP contribution in [0.5, 0.6) is 0 Å². The molecule has 0 saturated carbocycles. The molecule has 0 unspecified atom stereocenters. The predicted octanol–water partition coefficient (Wildman–Crippen LogP) is 3.02. The summed E-state index contributed by atoms with van der Waals surface area (Å²) in [6, 6.07) is 7.09. The fourth-order valence-electron chi connectivity index (χ4n) is 4.24. The predicted molar refractivity (Wildman–Crippen MR) is 133 cm³/mol. The van der Waals surface area contributed by atoms with Crippen LogP contribution in [-0.4, -0.2) is 32.8 Å². The number of nitrogen functional groups attached to an aromatic ring is 1. The maximum atomic E-state index is 13.7. The zero-order valence-corrected chi connectivity index (χ0v) is 20.0. The molecule has 182 valence electrons. The van der Waals surface area contributed by atoms with Crippen molar-refractivity contribution >= 4 is 29.4 Å². The van der Waals surface area contributed by atoms with Crippen LogP contribution in [-0.2, 0) is 16.1 Å². The first kappa shape index (κ1) is 25.0. The second kappa shape index (κ2) is 11.0. The Hall–Kier alpha value is -3.62. The largest absolute Gasteiger partial charge is 0.383 e. The van der Waals surface area contributed by atoms with E-state index in [-0.39, 0.29) is 36.3 Å². The Kier molecular flexibility index (Phi) is 8.09. The number of amides is 2. The Morgan fingerprint density at radius 1 is 1.12 bits per heavy atom. The molecule has 1 aliphatic rings. The van der Waals surface area contributed by atoms with Gasteiger partial charge in [0.2, 0.25) is 11.8 Å². The molecule has 0 radical (unpaired) electrons. The second-order valence-electron chi connectivity index (χ2n) is 8.49. The Labute approximate surface area is 198 Å². The van der Waals surface area contributed by atoms with E-state index in [9.17, 15) is 19.2 Å². The molecule has 0 aliphatic carbocycles. The quantitative estimate of drug-likeness (QED) is 0.587. The van der Waals surface area contributed by atoms with Gasteiger partial charge >= 0.3 is 5.69 Å². The number of carbonyl (C=O) groups is 2. The van der Waals surface area contributed by atoms with Crippen molar-refractivity contribution in [1.82, 2.24) is 14.5 Å². The maximum absolute atomic E-state index is 13.7. The monoisotopic (exact) mass is 467 g/mol. The number of fused-ring (bicyclic) bond motifs is 1. The zero-order chi connectivity index (χ0) is 24.8. The summed E-state index contributed by atoms with van der Waals surface area (Å²) >= 11 is 0. The zero-order valence-electron chi connectivity index (χ0n) is 20.0. The van der Waals surface area contributed by atoms with Crippen LogP contribution in [0.15, 0.2) is 40.1 Å². The molecule has 1 atom stereocenters. The van der Waals surface area contributed by atoms with E-state index in [0.29, 0.717) is 19.4 Å². The topological polar surface area (TPSA) is 121 Å². The van der Waals surface area contributed by atoms with E-state index >= 15 is 0 Å². The lowest BCUT2D eigenvalue weighted by Crippen LogP contribution is -2.43. The van der Waals surface area contributed by atoms with Gasteiger partial charge in [-0.2, -0.15) is 0 Å². The average molecular weight is 468 g/mol. The number of benzene rings is 1. The molecule has 0 spiro atoms. The van der Waals surface area contributed by atoms with Gasteiger partial charge in [-0.1, -0.05) is 51.0 Å². The molecule has 1 aliphatic heterocycles. The third-order valence-electron chi connectivity index (χ3n) is 6.09. The van der Waals surface area contributed by atoms with Crippen LogP contribution >= 0.6 is 0 Å². The first-order valence-electron chi connectivity index (χ1n) is 11.8. The van der Waals surface area contributed by atoms with Gasteiger partial charge in [0.1, 0.15) is 5.82 Å². The van der Waals surface area contributed by atoms with Crippen molar-refractivity contribution in [2.75, 3.05) is 17.2 Å². The van der Waals surface area contributed by atoms with Gasteiger partial charge in [0, 0.05) is 26.2 Å². The number of H-pyrrole nitrogens is 1. The molecule has 34 heavy (non-hydrogen) atoms. The number of rotatable bonds is 9. The number of unbranched alkanes of at least 4 members (excludes halogenated alkanes) is 2. The van der Waals surface area contributed by atoms with Gasteiger partial charge in [-0.15, -0.1) is 0 Å². The Balaban J connectivity index is 2.03. The van der Waals surface area contributed by atoms with E-state index in [0.717, 1.165) is 24.0 Å². The first-order chi connectivity index (χ1) is 16.3. The maximum Gasteiger partial charge on any atom is 0.330 e.